The van der Waals surface area contributed by atoms with Gasteiger partial charge in [-0.05, 0) is 6.42 Å². The molecule has 0 aromatic heterocycles. The Morgan fingerprint density at radius 2 is 1.43 bits per heavy atom. The Morgan fingerprint density at radius 1 is 0.929 bits per heavy atom. The Balaban J connectivity index is 0. The predicted octanol–water partition coefficient (Wildman–Crippen LogP) is 2.52. The number of hydrogen-bond donors (Lipinski definition) is 2. The van der Waals surface area contributed by atoms with Crippen LogP contribution < -0.4 is 0 Å². The maximum atomic E-state index is 9.96. The third-order valence-electron chi connectivity index (χ3n) is 1.55. The van der Waals surface area contributed by atoms with Gasteiger partial charge in [0, 0.05) is 12.8 Å². The van der Waals surface area contributed by atoms with Gasteiger partial charge in [-0.1, -0.05) is 33.1 Å². The Morgan fingerprint density at radius 3 is 1.71 bits per heavy atom. The zero-order valence-corrected chi connectivity index (χ0v) is 8.95. The quantitative estimate of drug-likeness (QED) is 0.652. The summed E-state index contributed by atoms with van der Waals surface area (Å²) in [6, 6.07) is 0. The summed E-state index contributed by atoms with van der Waals surface area (Å²) in [5.41, 5.74) is 0. The van der Waals surface area contributed by atoms with Gasteiger partial charge < -0.3 is 10.2 Å². The molecule has 84 valence electrons. The van der Waals surface area contributed by atoms with Crippen LogP contribution in [0.2, 0.25) is 0 Å². The maximum absolute atomic E-state index is 9.96. The van der Waals surface area contributed by atoms with Crippen molar-refractivity contribution in [3.63, 3.8) is 0 Å². The molecule has 4 nitrogen and oxygen atoms in total. The fourth-order valence-corrected chi connectivity index (χ4v) is 0.703. The number of unbranched alkanes of at least 4 members (excludes halogenated alkanes) is 3. The number of carboxylic acid groups (broad SMARTS) is 2. The van der Waals surface area contributed by atoms with Crippen molar-refractivity contribution in [2.45, 2.75) is 52.4 Å². The van der Waals surface area contributed by atoms with Crippen molar-refractivity contribution in [2.75, 3.05) is 0 Å². The zero-order chi connectivity index (χ0) is 11.4. The van der Waals surface area contributed by atoms with Gasteiger partial charge in [0.2, 0.25) is 0 Å². The van der Waals surface area contributed by atoms with E-state index >= 15 is 0 Å². The molecule has 4 heteroatoms. The number of aliphatic carboxylic acids is 2. The molecule has 0 fully saturated rings. The second-order valence-electron chi connectivity index (χ2n) is 2.95. The summed E-state index contributed by atoms with van der Waals surface area (Å²) in [6.07, 6.45) is 4.78. The van der Waals surface area contributed by atoms with Crippen LogP contribution in [0.15, 0.2) is 0 Å². The lowest BCUT2D eigenvalue weighted by Gasteiger charge is -1.92. The molecule has 0 aromatic carbocycles. The lowest BCUT2D eigenvalue weighted by Crippen LogP contribution is -1.92. The van der Waals surface area contributed by atoms with E-state index in [-0.39, 0.29) is 6.42 Å². The normalized spacial score (nSPS) is 8.71. The monoisotopic (exact) mass is 204 g/mol. The van der Waals surface area contributed by atoms with Gasteiger partial charge in [0.1, 0.15) is 0 Å². The Kier molecular flexibility index (Phi) is 13.1. The lowest BCUT2D eigenvalue weighted by atomic mass is 10.2. The van der Waals surface area contributed by atoms with Crippen molar-refractivity contribution in [3.05, 3.63) is 0 Å². The van der Waals surface area contributed by atoms with Crippen LogP contribution in [0.3, 0.4) is 0 Å². The third-order valence-corrected chi connectivity index (χ3v) is 1.55. The zero-order valence-electron chi connectivity index (χ0n) is 8.95. The summed E-state index contributed by atoms with van der Waals surface area (Å²) < 4.78 is 0. The molecular weight excluding hydrogens is 184 g/mol. The van der Waals surface area contributed by atoms with E-state index < -0.39 is 11.9 Å². The minimum absolute atomic E-state index is 0.222. The van der Waals surface area contributed by atoms with E-state index in [1.807, 2.05) is 0 Å². The predicted molar refractivity (Wildman–Crippen MR) is 54.3 cm³/mol. The second-order valence-corrected chi connectivity index (χ2v) is 2.95. The number of rotatable bonds is 6. The van der Waals surface area contributed by atoms with Crippen LogP contribution in [0.25, 0.3) is 0 Å². The fraction of sp³-hybridized carbons (Fsp3) is 0.800. The summed E-state index contributed by atoms with van der Waals surface area (Å²) in [4.78, 5) is 19.3. The molecule has 0 rings (SSSR count). The summed E-state index contributed by atoms with van der Waals surface area (Å²) >= 11 is 0. The molecule has 0 radical (unpaired) electrons. The molecule has 0 aliphatic rings. The molecule has 0 aliphatic heterocycles. The highest BCUT2D eigenvalue weighted by atomic mass is 16.4. The minimum Gasteiger partial charge on any atom is -0.481 e. The Bertz CT molecular complexity index is 154. The van der Waals surface area contributed by atoms with Crippen molar-refractivity contribution < 1.29 is 19.8 Å². The van der Waals surface area contributed by atoms with E-state index in [0.29, 0.717) is 6.42 Å². The largest absolute Gasteiger partial charge is 0.481 e. The minimum atomic E-state index is -0.745. The smallest absolute Gasteiger partial charge is 0.303 e. The van der Waals surface area contributed by atoms with Crippen LogP contribution in [0, 0.1) is 0 Å². The van der Waals surface area contributed by atoms with Crippen molar-refractivity contribution in [1.29, 1.82) is 0 Å². The molecule has 0 amide bonds. The molecule has 2 N–H and O–H groups in total. The van der Waals surface area contributed by atoms with Gasteiger partial charge in [-0.15, -0.1) is 0 Å². The van der Waals surface area contributed by atoms with Gasteiger partial charge in [-0.25, -0.2) is 0 Å². The van der Waals surface area contributed by atoms with Gasteiger partial charge in [0.05, 0.1) is 0 Å². The molecule has 0 saturated carbocycles. The average Bonchev–Trinajstić information content (AvgIpc) is 2.13. The molecule has 0 aliphatic carbocycles. The highest BCUT2D eigenvalue weighted by Crippen LogP contribution is 2.01. The van der Waals surface area contributed by atoms with Crippen LogP contribution in [-0.4, -0.2) is 22.2 Å². The number of carbonyl (C=O) groups is 2. The number of carboxylic acids is 2. The van der Waals surface area contributed by atoms with Gasteiger partial charge in [0.15, 0.2) is 0 Å². The summed E-state index contributed by atoms with van der Waals surface area (Å²) in [5, 5.41) is 15.9. The number of hydrogen-bond acceptors (Lipinski definition) is 2. The van der Waals surface area contributed by atoms with Crippen LogP contribution in [0.5, 0.6) is 0 Å². The Labute approximate surface area is 84.9 Å². The van der Waals surface area contributed by atoms with Gasteiger partial charge in [-0.3, -0.25) is 9.59 Å². The third kappa shape index (κ3) is 22.4. The van der Waals surface area contributed by atoms with Gasteiger partial charge in [0.25, 0.3) is 0 Å². The molecule has 0 unspecified atom stereocenters. The van der Waals surface area contributed by atoms with Crippen LogP contribution in [0.4, 0.5) is 0 Å². The molecule has 14 heavy (non-hydrogen) atoms. The van der Waals surface area contributed by atoms with Crippen molar-refractivity contribution in [2.24, 2.45) is 0 Å². The topological polar surface area (TPSA) is 74.6 Å². The SMILES string of the molecule is CCC(=O)O.CCCCCCC(=O)O. The first-order chi connectivity index (χ1) is 6.54. The van der Waals surface area contributed by atoms with Gasteiger partial charge >= 0.3 is 11.9 Å². The summed E-state index contributed by atoms with van der Waals surface area (Å²) in [6.45, 7) is 3.71. The standard InChI is InChI=1S/C7H14O2.C3H6O2/c1-2-3-4-5-6-7(8)9;1-2-3(4)5/h2-6H2,1H3,(H,8,9);2H2,1H3,(H,4,5). The molecule has 0 heterocycles. The maximum Gasteiger partial charge on any atom is 0.303 e. The lowest BCUT2D eigenvalue weighted by molar-refractivity contribution is -0.137. The van der Waals surface area contributed by atoms with Crippen LogP contribution in [0.1, 0.15) is 52.4 Å². The molecule has 0 spiro atoms. The second kappa shape index (κ2) is 11.9. The van der Waals surface area contributed by atoms with Crippen molar-refractivity contribution in [3.8, 4) is 0 Å². The molecular formula is C10H20O4. The summed E-state index contributed by atoms with van der Waals surface area (Å²) in [7, 11) is 0. The molecule has 0 atom stereocenters. The van der Waals surface area contributed by atoms with E-state index in [0.717, 1.165) is 19.3 Å². The fourth-order valence-electron chi connectivity index (χ4n) is 0.703. The van der Waals surface area contributed by atoms with E-state index in [4.69, 9.17) is 10.2 Å². The molecule has 0 aromatic rings. The van der Waals surface area contributed by atoms with E-state index in [1.54, 1.807) is 6.92 Å². The van der Waals surface area contributed by atoms with Crippen LogP contribution >= 0.6 is 0 Å². The highest BCUT2D eigenvalue weighted by molar-refractivity contribution is 5.66. The first kappa shape index (κ1) is 15.4. The van der Waals surface area contributed by atoms with Gasteiger partial charge in [-0.2, -0.15) is 0 Å². The van der Waals surface area contributed by atoms with E-state index in [9.17, 15) is 9.59 Å². The first-order valence-corrected chi connectivity index (χ1v) is 4.98. The molecule has 0 saturated heterocycles. The van der Waals surface area contributed by atoms with E-state index in [1.165, 1.54) is 6.42 Å². The van der Waals surface area contributed by atoms with Crippen LogP contribution in [-0.2, 0) is 9.59 Å². The summed E-state index contributed by atoms with van der Waals surface area (Å²) in [5.74, 6) is -1.42. The molecule has 0 bridgehead atoms. The van der Waals surface area contributed by atoms with Crippen molar-refractivity contribution in [1.82, 2.24) is 0 Å². The average molecular weight is 204 g/mol. The van der Waals surface area contributed by atoms with E-state index in [2.05, 4.69) is 6.92 Å². The van der Waals surface area contributed by atoms with Crippen molar-refractivity contribution >= 4 is 11.9 Å². The highest BCUT2D eigenvalue weighted by Gasteiger charge is 1.93. The first-order valence-electron chi connectivity index (χ1n) is 4.98. The Hall–Kier alpha value is -1.06.